The molecule has 114 valence electrons. The molecular formula is C11H18N2O6S. The van der Waals surface area contributed by atoms with Crippen molar-refractivity contribution in [3.63, 3.8) is 0 Å². The molecule has 3 N–H and O–H groups in total. The standard InChI is InChI=1S/C11H18N2O6S/c1-7-10(8(2)19-13-7)20(17,18)12-5-11(3,6-14)4-9(15)16/h12,14H,4-6H2,1-3H3,(H,15,16). The Balaban J connectivity index is 2.90. The highest BCUT2D eigenvalue weighted by Gasteiger charge is 2.31. The van der Waals surface area contributed by atoms with E-state index in [-0.39, 0.29) is 29.3 Å². The summed E-state index contributed by atoms with van der Waals surface area (Å²) in [6.07, 6.45) is -0.354. The van der Waals surface area contributed by atoms with Crippen LogP contribution in [0, 0.1) is 19.3 Å². The van der Waals surface area contributed by atoms with Crippen LogP contribution in [0.15, 0.2) is 9.42 Å². The number of carboxylic acid groups (broad SMARTS) is 1. The minimum absolute atomic E-state index is 0.0619. The molecule has 9 heteroatoms. The number of aliphatic carboxylic acids is 1. The van der Waals surface area contributed by atoms with Gasteiger partial charge in [-0.1, -0.05) is 12.1 Å². The molecule has 1 rings (SSSR count). The largest absolute Gasteiger partial charge is 0.481 e. The summed E-state index contributed by atoms with van der Waals surface area (Å²) in [4.78, 5) is 10.7. The van der Waals surface area contributed by atoms with E-state index < -0.39 is 28.0 Å². The lowest BCUT2D eigenvalue weighted by atomic mass is 9.88. The lowest BCUT2D eigenvalue weighted by molar-refractivity contribution is -0.140. The molecule has 20 heavy (non-hydrogen) atoms. The van der Waals surface area contributed by atoms with E-state index in [9.17, 15) is 18.3 Å². The monoisotopic (exact) mass is 306 g/mol. The summed E-state index contributed by atoms with van der Waals surface area (Å²) < 4.78 is 31.4. The third-order valence-electron chi connectivity index (χ3n) is 2.89. The van der Waals surface area contributed by atoms with Crippen molar-refractivity contribution in [2.24, 2.45) is 5.41 Å². The zero-order valence-corrected chi connectivity index (χ0v) is 12.3. The number of aliphatic hydroxyl groups is 1. The Morgan fingerprint density at radius 1 is 1.45 bits per heavy atom. The van der Waals surface area contributed by atoms with Crippen LogP contribution in [0.4, 0.5) is 0 Å². The van der Waals surface area contributed by atoms with Gasteiger partial charge in [0, 0.05) is 12.0 Å². The summed E-state index contributed by atoms with van der Waals surface area (Å²) in [6.45, 7) is 3.78. The molecule has 0 fully saturated rings. The van der Waals surface area contributed by atoms with Crippen LogP contribution in [0.25, 0.3) is 0 Å². The van der Waals surface area contributed by atoms with Gasteiger partial charge >= 0.3 is 5.97 Å². The van der Waals surface area contributed by atoms with Crippen LogP contribution < -0.4 is 4.72 Å². The van der Waals surface area contributed by atoms with Crippen LogP contribution in [0.5, 0.6) is 0 Å². The van der Waals surface area contributed by atoms with Gasteiger partial charge in [-0.05, 0) is 13.8 Å². The average Bonchev–Trinajstić information content (AvgIpc) is 2.66. The molecule has 0 saturated carbocycles. The Morgan fingerprint density at radius 3 is 2.45 bits per heavy atom. The lowest BCUT2D eigenvalue weighted by Crippen LogP contribution is -2.39. The van der Waals surface area contributed by atoms with Crippen molar-refractivity contribution in [2.45, 2.75) is 32.1 Å². The van der Waals surface area contributed by atoms with Gasteiger partial charge in [-0.3, -0.25) is 4.79 Å². The van der Waals surface area contributed by atoms with E-state index in [0.29, 0.717) is 0 Å². The number of rotatable bonds is 7. The summed E-state index contributed by atoms with van der Waals surface area (Å²) in [5.74, 6) is -0.961. The van der Waals surface area contributed by atoms with Crippen LogP contribution in [0.3, 0.4) is 0 Å². The molecule has 1 aromatic heterocycles. The summed E-state index contributed by atoms with van der Waals surface area (Å²) in [5.41, 5.74) is -0.864. The number of aliphatic hydroxyl groups excluding tert-OH is 1. The van der Waals surface area contributed by atoms with Crippen molar-refractivity contribution in [3.05, 3.63) is 11.5 Å². The lowest BCUT2D eigenvalue weighted by Gasteiger charge is -2.25. The predicted molar refractivity (Wildman–Crippen MR) is 68.6 cm³/mol. The molecular weight excluding hydrogens is 288 g/mol. The van der Waals surface area contributed by atoms with Gasteiger partial charge in [0.2, 0.25) is 10.0 Å². The third-order valence-corrected chi connectivity index (χ3v) is 4.53. The predicted octanol–water partition coefficient (Wildman–Crippen LogP) is 0.0430. The van der Waals surface area contributed by atoms with Gasteiger partial charge in [0.25, 0.3) is 0 Å². The van der Waals surface area contributed by atoms with Gasteiger partial charge in [-0.15, -0.1) is 0 Å². The quantitative estimate of drug-likeness (QED) is 0.648. The third kappa shape index (κ3) is 3.78. The van der Waals surface area contributed by atoms with Crippen LogP contribution in [-0.2, 0) is 14.8 Å². The summed E-state index contributed by atoms with van der Waals surface area (Å²) in [7, 11) is -3.87. The molecule has 0 amide bonds. The van der Waals surface area contributed by atoms with E-state index in [0.717, 1.165) is 0 Å². The first-order valence-electron chi connectivity index (χ1n) is 5.86. The van der Waals surface area contributed by atoms with E-state index in [4.69, 9.17) is 9.63 Å². The van der Waals surface area contributed by atoms with Gasteiger partial charge in [-0.25, -0.2) is 13.1 Å². The minimum Gasteiger partial charge on any atom is -0.481 e. The Morgan fingerprint density at radius 2 is 2.05 bits per heavy atom. The van der Waals surface area contributed by atoms with E-state index in [1.54, 1.807) is 0 Å². The molecule has 0 saturated heterocycles. The Bertz CT molecular complexity index is 575. The summed E-state index contributed by atoms with van der Waals surface area (Å²) >= 11 is 0. The molecule has 0 bridgehead atoms. The highest BCUT2D eigenvalue weighted by atomic mass is 32.2. The van der Waals surface area contributed by atoms with Gasteiger partial charge in [0.1, 0.15) is 10.6 Å². The van der Waals surface area contributed by atoms with Gasteiger partial charge in [0.05, 0.1) is 13.0 Å². The Kier molecular flexibility index (Phi) is 4.90. The fourth-order valence-corrected chi connectivity index (χ4v) is 3.26. The fourth-order valence-electron chi connectivity index (χ4n) is 1.74. The molecule has 0 aromatic carbocycles. The second-order valence-corrected chi connectivity index (χ2v) is 6.72. The second kappa shape index (κ2) is 5.90. The average molecular weight is 306 g/mol. The van der Waals surface area contributed by atoms with Crippen molar-refractivity contribution in [2.75, 3.05) is 13.2 Å². The number of aromatic nitrogens is 1. The molecule has 0 radical (unpaired) electrons. The topological polar surface area (TPSA) is 130 Å². The number of nitrogens with zero attached hydrogens (tertiary/aromatic N) is 1. The number of aryl methyl sites for hydroxylation is 2. The van der Waals surface area contributed by atoms with Crippen molar-refractivity contribution in [1.29, 1.82) is 0 Å². The number of sulfonamides is 1. The van der Waals surface area contributed by atoms with Crippen molar-refractivity contribution in [3.8, 4) is 0 Å². The van der Waals surface area contributed by atoms with Crippen molar-refractivity contribution < 1.29 is 27.9 Å². The Labute approximate surface area is 116 Å². The normalized spacial score (nSPS) is 15.0. The molecule has 0 aliphatic rings. The summed E-state index contributed by atoms with van der Waals surface area (Å²) in [6, 6.07) is 0. The number of nitrogens with one attached hydrogen (secondary N) is 1. The highest BCUT2D eigenvalue weighted by molar-refractivity contribution is 7.89. The first-order valence-corrected chi connectivity index (χ1v) is 7.35. The number of hydrogen-bond donors (Lipinski definition) is 3. The Hall–Kier alpha value is -1.45. The van der Waals surface area contributed by atoms with Crippen molar-refractivity contribution in [1.82, 2.24) is 9.88 Å². The van der Waals surface area contributed by atoms with Crippen LogP contribution in [0.1, 0.15) is 24.8 Å². The maximum Gasteiger partial charge on any atom is 0.304 e. The molecule has 1 atom stereocenters. The first-order chi connectivity index (χ1) is 9.11. The zero-order valence-electron chi connectivity index (χ0n) is 11.5. The molecule has 1 heterocycles. The number of carbonyl (C=O) groups is 1. The zero-order chi connectivity index (χ0) is 15.6. The smallest absolute Gasteiger partial charge is 0.304 e. The highest BCUT2D eigenvalue weighted by Crippen LogP contribution is 2.23. The fraction of sp³-hybridized carbons (Fsp3) is 0.636. The number of carboxylic acids is 1. The summed E-state index contributed by atoms with van der Waals surface area (Å²) in [5, 5.41) is 21.6. The second-order valence-electron chi connectivity index (χ2n) is 5.02. The molecule has 1 aromatic rings. The van der Waals surface area contributed by atoms with Crippen LogP contribution in [-0.4, -0.2) is 42.9 Å². The van der Waals surface area contributed by atoms with E-state index in [2.05, 4.69) is 9.88 Å². The first kappa shape index (κ1) is 16.6. The number of hydrogen-bond acceptors (Lipinski definition) is 6. The molecule has 0 aliphatic heterocycles. The van der Waals surface area contributed by atoms with Crippen molar-refractivity contribution >= 4 is 16.0 Å². The molecule has 8 nitrogen and oxygen atoms in total. The maximum atomic E-state index is 12.1. The van der Waals surface area contributed by atoms with Gasteiger partial charge < -0.3 is 14.7 Å². The van der Waals surface area contributed by atoms with E-state index in [1.807, 2.05) is 0 Å². The maximum absolute atomic E-state index is 12.1. The minimum atomic E-state index is -3.87. The van der Waals surface area contributed by atoms with Gasteiger partial charge in [0.15, 0.2) is 5.76 Å². The van der Waals surface area contributed by atoms with E-state index >= 15 is 0 Å². The van der Waals surface area contributed by atoms with E-state index in [1.165, 1.54) is 20.8 Å². The van der Waals surface area contributed by atoms with Crippen LogP contribution >= 0.6 is 0 Å². The SMILES string of the molecule is Cc1noc(C)c1S(=O)(=O)NCC(C)(CO)CC(=O)O. The molecule has 0 spiro atoms. The van der Waals surface area contributed by atoms with Crippen LogP contribution in [0.2, 0.25) is 0 Å². The molecule has 0 aliphatic carbocycles. The molecule has 1 unspecified atom stereocenters. The van der Waals surface area contributed by atoms with Gasteiger partial charge in [-0.2, -0.15) is 0 Å².